The maximum atomic E-state index is 12.2. The molecule has 0 amide bonds. The molecule has 0 unspecified atom stereocenters. The Morgan fingerprint density at radius 1 is 1.40 bits per heavy atom. The number of anilines is 1. The van der Waals surface area contributed by atoms with Gasteiger partial charge in [0, 0.05) is 10.7 Å². The van der Waals surface area contributed by atoms with Crippen molar-refractivity contribution in [3.05, 3.63) is 40.6 Å². The molecule has 108 valence electrons. The number of hydrogen-bond acceptors (Lipinski definition) is 5. The van der Waals surface area contributed by atoms with Crippen molar-refractivity contribution in [3.63, 3.8) is 0 Å². The van der Waals surface area contributed by atoms with Gasteiger partial charge in [-0.15, -0.1) is 0 Å². The van der Waals surface area contributed by atoms with Crippen LogP contribution >= 0.6 is 11.6 Å². The molecule has 20 heavy (non-hydrogen) atoms. The average Bonchev–Trinajstić information content (AvgIpc) is 2.77. The minimum atomic E-state index is -3.74. The minimum absolute atomic E-state index is 0.0397. The molecule has 3 N–H and O–H groups in total. The number of halogens is 1. The SMILES string of the molecule is Cc1cnc(CNS(=O)(=O)c2cc(Cl)cc(N)c2C)o1. The zero-order valence-electron chi connectivity index (χ0n) is 11.0. The van der Waals surface area contributed by atoms with Gasteiger partial charge in [-0.3, -0.25) is 0 Å². The van der Waals surface area contributed by atoms with Crippen LogP contribution in [0.1, 0.15) is 17.2 Å². The summed E-state index contributed by atoms with van der Waals surface area (Å²) in [5, 5.41) is 0.264. The van der Waals surface area contributed by atoms with Crippen LogP contribution in [0, 0.1) is 13.8 Å². The lowest BCUT2D eigenvalue weighted by molar-refractivity contribution is 0.463. The van der Waals surface area contributed by atoms with Crippen LogP contribution in [0.15, 0.2) is 27.6 Å². The van der Waals surface area contributed by atoms with E-state index < -0.39 is 10.0 Å². The molecule has 1 heterocycles. The summed E-state index contributed by atoms with van der Waals surface area (Å²) < 4.78 is 32.1. The van der Waals surface area contributed by atoms with Crippen LogP contribution in [0.5, 0.6) is 0 Å². The smallest absolute Gasteiger partial charge is 0.241 e. The number of oxazole rings is 1. The molecule has 2 aromatic rings. The van der Waals surface area contributed by atoms with Crippen molar-refractivity contribution in [2.75, 3.05) is 5.73 Å². The Kier molecular flexibility index (Phi) is 4.03. The lowest BCUT2D eigenvalue weighted by Gasteiger charge is -2.10. The first-order valence-corrected chi connectivity index (χ1v) is 7.62. The second-order valence-corrected chi connectivity index (χ2v) is 6.48. The van der Waals surface area contributed by atoms with E-state index in [-0.39, 0.29) is 16.5 Å². The van der Waals surface area contributed by atoms with Gasteiger partial charge in [-0.2, -0.15) is 0 Å². The summed E-state index contributed by atoms with van der Waals surface area (Å²) in [7, 11) is -3.74. The van der Waals surface area contributed by atoms with Gasteiger partial charge in [0.1, 0.15) is 5.76 Å². The number of rotatable bonds is 4. The van der Waals surface area contributed by atoms with E-state index in [9.17, 15) is 8.42 Å². The summed E-state index contributed by atoms with van der Waals surface area (Å²) in [6.45, 7) is 3.31. The third-order valence-electron chi connectivity index (χ3n) is 2.74. The maximum absolute atomic E-state index is 12.2. The van der Waals surface area contributed by atoms with Gasteiger partial charge in [0.05, 0.1) is 17.6 Å². The Labute approximate surface area is 122 Å². The van der Waals surface area contributed by atoms with E-state index in [1.807, 2.05) is 0 Å². The average molecular weight is 316 g/mol. The fourth-order valence-corrected chi connectivity index (χ4v) is 3.23. The number of sulfonamides is 1. The number of nitrogens with zero attached hydrogens (tertiary/aromatic N) is 1. The highest BCUT2D eigenvalue weighted by Crippen LogP contribution is 2.25. The second kappa shape index (κ2) is 5.43. The van der Waals surface area contributed by atoms with Gasteiger partial charge in [-0.05, 0) is 31.5 Å². The van der Waals surface area contributed by atoms with Gasteiger partial charge in [0.2, 0.25) is 15.9 Å². The number of benzene rings is 1. The largest absolute Gasteiger partial charge is 0.445 e. The molecule has 0 aliphatic carbocycles. The molecule has 2 rings (SSSR count). The molecule has 0 atom stereocenters. The normalized spacial score (nSPS) is 11.8. The summed E-state index contributed by atoms with van der Waals surface area (Å²) in [5.41, 5.74) is 6.49. The molecule has 0 fully saturated rings. The lowest BCUT2D eigenvalue weighted by atomic mass is 10.2. The summed E-state index contributed by atoms with van der Waals surface area (Å²) in [6, 6.07) is 2.86. The minimum Gasteiger partial charge on any atom is -0.445 e. The lowest BCUT2D eigenvalue weighted by Crippen LogP contribution is -2.24. The van der Waals surface area contributed by atoms with Crippen LogP contribution in [-0.2, 0) is 16.6 Å². The Bertz CT molecular complexity index is 740. The van der Waals surface area contributed by atoms with Crippen LogP contribution in [0.2, 0.25) is 5.02 Å². The van der Waals surface area contributed by atoms with Crippen LogP contribution in [0.3, 0.4) is 0 Å². The Morgan fingerprint density at radius 2 is 2.10 bits per heavy atom. The summed E-state index contributed by atoms with van der Waals surface area (Å²) in [5.74, 6) is 0.904. The number of nitrogen functional groups attached to an aromatic ring is 1. The highest BCUT2D eigenvalue weighted by atomic mass is 35.5. The molecular formula is C12H14ClN3O3S. The number of nitrogens with two attached hydrogens (primary N) is 1. The van der Waals surface area contributed by atoms with Crippen molar-refractivity contribution < 1.29 is 12.8 Å². The molecule has 0 saturated heterocycles. The summed E-state index contributed by atoms with van der Waals surface area (Å²) in [4.78, 5) is 3.97. The predicted octanol–water partition coefficient (Wildman–Crippen LogP) is 2.01. The molecule has 0 spiro atoms. The predicted molar refractivity (Wildman–Crippen MR) is 75.9 cm³/mol. The molecule has 1 aromatic carbocycles. The highest BCUT2D eigenvalue weighted by Gasteiger charge is 2.19. The number of hydrogen-bond donors (Lipinski definition) is 2. The van der Waals surface area contributed by atoms with Crippen molar-refractivity contribution >= 4 is 27.3 Å². The van der Waals surface area contributed by atoms with E-state index in [2.05, 4.69) is 9.71 Å². The molecule has 0 radical (unpaired) electrons. The van der Waals surface area contributed by atoms with Crippen molar-refractivity contribution in [2.45, 2.75) is 25.3 Å². The maximum Gasteiger partial charge on any atom is 0.241 e. The van der Waals surface area contributed by atoms with Crippen LogP contribution in [0.25, 0.3) is 0 Å². The molecule has 6 nitrogen and oxygen atoms in total. The van der Waals surface area contributed by atoms with Crippen LogP contribution in [-0.4, -0.2) is 13.4 Å². The van der Waals surface area contributed by atoms with Gasteiger partial charge in [0.25, 0.3) is 0 Å². The highest BCUT2D eigenvalue weighted by molar-refractivity contribution is 7.89. The number of aryl methyl sites for hydroxylation is 1. The Hall–Kier alpha value is -1.57. The van der Waals surface area contributed by atoms with Gasteiger partial charge < -0.3 is 10.2 Å². The quantitative estimate of drug-likeness (QED) is 0.841. The first-order valence-electron chi connectivity index (χ1n) is 5.76. The third-order valence-corrected chi connectivity index (χ3v) is 4.48. The first kappa shape index (κ1) is 14.8. The fourth-order valence-electron chi connectivity index (χ4n) is 1.67. The van der Waals surface area contributed by atoms with E-state index in [4.69, 9.17) is 21.8 Å². The molecule has 0 bridgehead atoms. The van der Waals surface area contributed by atoms with E-state index >= 15 is 0 Å². The van der Waals surface area contributed by atoms with Crippen molar-refractivity contribution in [1.29, 1.82) is 0 Å². The van der Waals surface area contributed by atoms with Gasteiger partial charge in [-0.1, -0.05) is 11.6 Å². The van der Waals surface area contributed by atoms with E-state index in [0.29, 0.717) is 22.9 Å². The topological polar surface area (TPSA) is 98.2 Å². The second-order valence-electron chi connectivity index (χ2n) is 4.31. The third kappa shape index (κ3) is 3.12. The number of aromatic nitrogens is 1. The van der Waals surface area contributed by atoms with Crippen molar-refractivity contribution in [3.8, 4) is 0 Å². The van der Waals surface area contributed by atoms with Gasteiger partial charge in [-0.25, -0.2) is 18.1 Å². The first-order chi connectivity index (χ1) is 9.29. The van der Waals surface area contributed by atoms with Crippen LogP contribution in [0.4, 0.5) is 5.69 Å². The number of nitrogens with one attached hydrogen (secondary N) is 1. The van der Waals surface area contributed by atoms with Crippen molar-refractivity contribution in [2.24, 2.45) is 0 Å². The monoisotopic (exact) mass is 315 g/mol. The zero-order chi connectivity index (χ0) is 14.9. The van der Waals surface area contributed by atoms with E-state index in [1.165, 1.54) is 18.3 Å². The van der Waals surface area contributed by atoms with Crippen molar-refractivity contribution in [1.82, 2.24) is 9.71 Å². The van der Waals surface area contributed by atoms with Gasteiger partial charge >= 0.3 is 0 Å². The molecule has 8 heteroatoms. The summed E-state index contributed by atoms with van der Waals surface area (Å²) in [6.07, 6.45) is 1.52. The molecule has 0 saturated carbocycles. The van der Waals surface area contributed by atoms with Gasteiger partial charge in [0.15, 0.2) is 0 Å². The standard InChI is InChI=1S/C12H14ClN3O3S/c1-7-5-15-12(19-7)6-16-20(17,18)11-4-9(13)3-10(14)8(11)2/h3-5,16H,6,14H2,1-2H3. The Balaban J connectivity index is 2.27. The van der Waals surface area contributed by atoms with E-state index in [1.54, 1.807) is 13.8 Å². The summed E-state index contributed by atoms with van der Waals surface area (Å²) >= 11 is 5.85. The molecule has 0 aliphatic heterocycles. The molecule has 1 aromatic heterocycles. The zero-order valence-corrected chi connectivity index (χ0v) is 12.5. The molecular weight excluding hydrogens is 302 g/mol. The fraction of sp³-hybridized carbons (Fsp3) is 0.250. The van der Waals surface area contributed by atoms with Crippen LogP contribution < -0.4 is 10.5 Å². The molecule has 0 aliphatic rings. The van der Waals surface area contributed by atoms with E-state index in [0.717, 1.165) is 0 Å². The Morgan fingerprint density at radius 3 is 2.70 bits per heavy atom.